The minimum Gasteiger partial charge on any atom is -0.300 e. The number of rotatable bonds is 20. The summed E-state index contributed by atoms with van der Waals surface area (Å²) in [6.45, 7) is 24.3. The van der Waals surface area contributed by atoms with Crippen molar-refractivity contribution in [2.45, 2.75) is 184 Å². The summed E-state index contributed by atoms with van der Waals surface area (Å²) in [7, 11) is 2.40. The zero-order valence-electron chi connectivity index (χ0n) is 31.8. The van der Waals surface area contributed by atoms with Crippen LogP contribution < -0.4 is 0 Å². The molecule has 1 aliphatic heterocycles. The second-order valence-electron chi connectivity index (χ2n) is 16.5. The Morgan fingerprint density at radius 2 is 1.55 bits per heavy atom. The molecule has 1 saturated carbocycles. The minimum atomic E-state index is 0.716. The van der Waals surface area contributed by atoms with Crippen LogP contribution in [0.4, 0.5) is 0 Å². The molecule has 0 spiro atoms. The third-order valence-corrected chi connectivity index (χ3v) is 12.3. The number of unbranched alkanes of at least 4 members (excludes halogenated alkanes) is 1. The van der Waals surface area contributed by atoms with Crippen LogP contribution in [0, 0.1) is 47.3 Å². The summed E-state index contributed by atoms with van der Waals surface area (Å²) >= 11 is 0. The molecule has 0 radical (unpaired) electrons. The van der Waals surface area contributed by atoms with Crippen LogP contribution in [0.25, 0.3) is 0 Å². The van der Waals surface area contributed by atoms with Crippen molar-refractivity contribution in [3.05, 3.63) is 35.5 Å². The van der Waals surface area contributed by atoms with Crippen LogP contribution in [0.5, 0.6) is 0 Å². The van der Waals surface area contributed by atoms with E-state index in [-0.39, 0.29) is 0 Å². The highest BCUT2D eigenvalue weighted by Crippen LogP contribution is 2.43. The Bertz CT molecular complexity index is 837. The molecule has 256 valence electrons. The Labute approximate surface area is 278 Å². The average Bonchev–Trinajstić information content (AvgIpc) is 3.28. The highest BCUT2D eigenvalue weighted by Gasteiger charge is 2.43. The third kappa shape index (κ3) is 13.1. The molecule has 0 bridgehead atoms. The van der Waals surface area contributed by atoms with Gasteiger partial charge in [-0.2, -0.15) is 0 Å². The second kappa shape index (κ2) is 21.1. The fourth-order valence-corrected chi connectivity index (χ4v) is 9.04. The topological polar surface area (TPSA) is 3.24 Å². The maximum Gasteiger partial charge on any atom is 0.0144 e. The van der Waals surface area contributed by atoms with Gasteiger partial charge in [0, 0.05) is 12.1 Å². The first-order chi connectivity index (χ1) is 21.0. The van der Waals surface area contributed by atoms with Gasteiger partial charge in [-0.15, -0.1) is 0 Å². The molecule has 2 aliphatic rings. The normalized spacial score (nSPS) is 25.8. The summed E-state index contributed by atoms with van der Waals surface area (Å²) in [5.74, 6) is 6.45. The van der Waals surface area contributed by atoms with Crippen LogP contribution in [-0.4, -0.2) is 24.0 Å². The maximum atomic E-state index is 2.71. The van der Waals surface area contributed by atoms with Crippen LogP contribution in [-0.2, 0) is 0 Å². The molecule has 7 atom stereocenters. The molecule has 2 fully saturated rings. The van der Waals surface area contributed by atoms with Gasteiger partial charge in [-0.1, -0.05) is 123 Å². The first-order valence-electron chi connectivity index (χ1n) is 19.7. The molecule has 44 heavy (non-hydrogen) atoms. The predicted molar refractivity (Wildman–Crippen MR) is 199 cm³/mol. The molecule has 1 heteroatoms. The van der Waals surface area contributed by atoms with Gasteiger partial charge in [-0.3, -0.25) is 0 Å². The van der Waals surface area contributed by atoms with Crippen LogP contribution in [0.15, 0.2) is 35.5 Å². The monoisotopic (exact) mass is 610 g/mol. The lowest BCUT2D eigenvalue weighted by Gasteiger charge is -2.53. The lowest BCUT2D eigenvalue weighted by Crippen LogP contribution is -2.60. The molecule has 1 heterocycles. The van der Waals surface area contributed by atoms with Gasteiger partial charge in [0.1, 0.15) is 0 Å². The first-order valence-corrected chi connectivity index (χ1v) is 19.7. The lowest BCUT2D eigenvalue weighted by molar-refractivity contribution is -0.0297. The van der Waals surface area contributed by atoms with Crippen LogP contribution >= 0.6 is 0 Å². The summed E-state index contributed by atoms with van der Waals surface area (Å²) in [6.07, 6.45) is 31.9. The SMILES string of the molecule is C/C=C(\CCC(C)C(C/C=C\CC(C)CC(C)C)C(C)C)CCC1C(C/C(=C/CCC)C(C)C2CCCCCC2)C(C)N1C. The highest BCUT2D eigenvalue weighted by atomic mass is 15.2. The number of hydrogen-bond donors (Lipinski definition) is 0. The minimum absolute atomic E-state index is 0.716. The number of nitrogens with zero attached hydrogens (tertiary/aromatic N) is 1. The molecule has 1 nitrogen and oxygen atoms in total. The van der Waals surface area contributed by atoms with E-state index in [1.165, 1.54) is 103 Å². The van der Waals surface area contributed by atoms with E-state index < -0.39 is 0 Å². The van der Waals surface area contributed by atoms with E-state index in [4.69, 9.17) is 0 Å². The van der Waals surface area contributed by atoms with Crippen LogP contribution in [0.2, 0.25) is 0 Å². The summed E-state index contributed by atoms with van der Waals surface area (Å²) in [6, 6.07) is 1.46. The van der Waals surface area contributed by atoms with E-state index in [0.717, 1.165) is 53.4 Å². The van der Waals surface area contributed by atoms with Gasteiger partial charge >= 0.3 is 0 Å². The molecule has 0 aromatic rings. The summed E-state index contributed by atoms with van der Waals surface area (Å²) < 4.78 is 0. The van der Waals surface area contributed by atoms with Crippen LogP contribution in [0.3, 0.4) is 0 Å². The van der Waals surface area contributed by atoms with Crippen molar-refractivity contribution in [3.8, 4) is 0 Å². The molecule has 7 unspecified atom stereocenters. The first kappa shape index (κ1) is 39.4. The fourth-order valence-electron chi connectivity index (χ4n) is 9.04. The van der Waals surface area contributed by atoms with Gasteiger partial charge in [0.2, 0.25) is 0 Å². The standard InChI is InChI=1S/C43H79N/c1-12-14-22-40(36(9)39-23-17-15-16-18-24-39)31-42-37(10)44(11)43(42)29-28-38(13-2)27-26-35(8)41(33(5)6)25-20-19-21-34(7)30-32(3)4/h13,19-20,22,32-37,39,41-43H,12,14-18,21,23-31H2,1-11H3/b20-19-,38-13+,40-22-. The Balaban J connectivity index is 1.92. The van der Waals surface area contributed by atoms with Gasteiger partial charge in [0.15, 0.2) is 0 Å². The smallest absolute Gasteiger partial charge is 0.0144 e. The molecule has 2 rings (SSSR count). The molecular weight excluding hydrogens is 530 g/mol. The zero-order chi connectivity index (χ0) is 32.6. The molecular formula is C43H79N. The Hall–Kier alpha value is -0.820. The van der Waals surface area contributed by atoms with E-state index in [9.17, 15) is 0 Å². The zero-order valence-corrected chi connectivity index (χ0v) is 31.8. The summed E-state index contributed by atoms with van der Waals surface area (Å²) in [5.41, 5.74) is 3.52. The third-order valence-electron chi connectivity index (χ3n) is 12.3. The van der Waals surface area contributed by atoms with Crippen molar-refractivity contribution in [3.63, 3.8) is 0 Å². The number of likely N-dealkylation sites (tertiary alicyclic amines) is 1. The summed E-state index contributed by atoms with van der Waals surface area (Å²) in [5, 5.41) is 0. The van der Waals surface area contributed by atoms with E-state index in [2.05, 4.69) is 105 Å². The van der Waals surface area contributed by atoms with Gasteiger partial charge in [0.05, 0.1) is 0 Å². The number of allylic oxidation sites excluding steroid dienone is 6. The van der Waals surface area contributed by atoms with E-state index >= 15 is 0 Å². The lowest BCUT2D eigenvalue weighted by atomic mass is 9.71. The maximum absolute atomic E-state index is 2.71. The fraction of sp³-hybridized carbons (Fsp3) is 0.860. The van der Waals surface area contributed by atoms with Gasteiger partial charge in [-0.05, 0) is 139 Å². The Kier molecular flexibility index (Phi) is 18.9. The summed E-state index contributed by atoms with van der Waals surface area (Å²) in [4.78, 5) is 2.71. The van der Waals surface area contributed by atoms with E-state index in [0.29, 0.717) is 6.04 Å². The molecule has 0 aromatic carbocycles. The molecule has 0 N–H and O–H groups in total. The van der Waals surface area contributed by atoms with Crippen molar-refractivity contribution < 1.29 is 0 Å². The van der Waals surface area contributed by atoms with E-state index in [1.54, 1.807) is 5.57 Å². The second-order valence-corrected chi connectivity index (χ2v) is 16.5. The van der Waals surface area contributed by atoms with Gasteiger partial charge < -0.3 is 4.90 Å². The predicted octanol–water partition coefficient (Wildman–Crippen LogP) is 13.5. The van der Waals surface area contributed by atoms with Crippen molar-refractivity contribution >= 4 is 0 Å². The number of hydrogen-bond acceptors (Lipinski definition) is 1. The van der Waals surface area contributed by atoms with Crippen molar-refractivity contribution in [1.29, 1.82) is 0 Å². The van der Waals surface area contributed by atoms with Crippen molar-refractivity contribution in [2.24, 2.45) is 47.3 Å². The Morgan fingerprint density at radius 3 is 2.14 bits per heavy atom. The molecule has 1 saturated heterocycles. The van der Waals surface area contributed by atoms with Crippen molar-refractivity contribution in [1.82, 2.24) is 4.90 Å². The average molecular weight is 610 g/mol. The molecule has 0 aromatic heterocycles. The van der Waals surface area contributed by atoms with E-state index in [1.807, 2.05) is 5.57 Å². The van der Waals surface area contributed by atoms with Crippen LogP contribution in [0.1, 0.15) is 172 Å². The molecule has 0 amide bonds. The Morgan fingerprint density at radius 1 is 0.886 bits per heavy atom. The molecule has 1 aliphatic carbocycles. The van der Waals surface area contributed by atoms with Gasteiger partial charge in [-0.25, -0.2) is 0 Å². The van der Waals surface area contributed by atoms with Crippen molar-refractivity contribution in [2.75, 3.05) is 7.05 Å². The quantitative estimate of drug-likeness (QED) is 0.0980. The largest absolute Gasteiger partial charge is 0.300 e. The highest BCUT2D eigenvalue weighted by molar-refractivity contribution is 5.14. The van der Waals surface area contributed by atoms with Gasteiger partial charge in [0.25, 0.3) is 0 Å².